The number of amides is 1. The summed E-state index contributed by atoms with van der Waals surface area (Å²) >= 11 is 0. The number of rotatable bonds is 1. The Balaban J connectivity index is 3.01. The van der Waals surface area contributed by atoms with Gasteiger partial charge in [-0.3, -0.25) is 4.79 Å². The topological polar surface area (TPSA) is 43.1 Å². The van der Waals surface area contributed by atoms with Crippen molar-refractivity contribution in [1.29, 1.82) is 0 Å². The summed E-state index contributed by atoms with van der Waals surface area (Å²) in [7, 11) is 0. The molecule has 0 radical (unpaired) electrons. The van der Waals surface area contributed by atoms with Crippen LogP contribution in [-0.2, 0) is 4.79 Å². The monoisotopic (exact) mass is 173 g/mol. The van der Waals surface area contributed by atoms with Crippen molar-refractivity contribution in [3.8, 4) is 0 Å². The Labute approximate surface area is 68.7 Å². The van der Waals surface area contributed by atoms with Crippen LogP contribution in [0.3, 0.4) is 0 Å². The third-order valence-electron chi connectivity index (χ3n) is 1.90. The highest BCUT2D eigenvalue weighted by Gasteiger charge is 2.42. The summed E-state index contributed by atoms with van der Waals surface area (Å²) in [6.07, 6.45) is 3.52. The standard InChI is InChI=1S/C8H9F2NO/c1-8(10)5(7(11)12)3-2-4-6(8)9/h2-5H,1H3,(H2,11,12). The van der Waals surface area contributed by atoms with Gasteiger partial charge in [-0.15, -0.1) is 0 Å². The molecule has 0 heterocycles. The van der Waals surface area contributed by atoms with Gasteiger partial charge in [0.1, 0.15) is 5.83 Å². The Bertz CT molecular complexity index is 268. The van der Waals surface area contributed by atoms with Crippen LogP contribution in [0.15, 0.2) is 24.1 Å². The average molecular weight is 173 g/mol. The lowest BCUT2D eigenvalue weighted by molar-refractivity contribution is -0.123. The zero-order chi connectivity index (χ0) is 9.35. The second-order valence-corrected chi connectivity index (χ2v) is 2.86. The molecule has 0 aromatic rings. The zero-order valence-electron chi connectivity index (χ0n) is 6.55. The maximum atomic E-state index is 13.4. The van der Waals surface area contributed by atoms with Crippen LogP contribution in [0.25, 0.3) is 0 Å². The van der Waals surface area contributed by atoms with Crippen LogP contribution in [0.2, 0.25) is 0 Å². The number of halogens is 2. The van der Waals surface area contributed by atoms with E-state index in [2.05, 4.69) is 0 Å². The smallest absolute Gasteiger partial charge is 0.228 e. The molecule has 0 aromatic carbocycles. The summed E-state index contributed by atoms with van der Waals surface area (Å²) in [6.45, 7) is 0.998. The van der Waals surface area contributed by atoms with E-state index in [1.54, 1.807) is 0 Å². The normalized spacial score (nSPS) is 34.6. The number of nitrogens with two attached hydrogens (primary N) is 1. The fourth-order valence-corrected chi connectivity index (χ4v) is 1.11. The number of alkyl halides is 1. The Morgan fingerprint density at radius 1 is 1.75 bits per heavy atom. The van der Waals surface area contributed by atoms with Crippen molar-refractivity contribution in [2.24, 2.45) is 11.7 Å². The first-order chi connectivity index (χ1) is 5.46. The molecule has 2 N–H and O–H groups in total. The molecule has 1 rings (SSSR count). The number of hydrogen-bond donors (Lipinski definition) is 1. The molecule has 1 aliphatic rings. The predicted molar refractivity (Wildman–Crippen MR) is 40.5 cm³/mol. The van der Waals surface area contributed by atoms with E-state index in [0.29, 0.717) is 0 Å². The van der Waals surface area contributed by atoms with Crippen LogP contribution in [0.4, 0.5) is 8.78 Å². The van der Waals surface area contributed by atoms with Gasteiger partial charge in [-0.1, -0.05) is 12.2 Å². The minimum absolute atomic E-state index is 0.862. The molecule has 0 bridgehead atoms. The SMILES string of the molecule is CC1(F)C(F)=CC=CC1C(N)=O. The number of carbonyl (C=O) groups excluding carboxylic acids is 1. The summed E-state index contributed by atoms with van der Waals surface area (Å²) in [6, 6.07) is 0. The lowest BCUT2D eigenvalue weighted by atomic mass is 9.85. The van der Waals surface area contributed by atoms with E-state index in [0.717, 1.165) is 13.0 Å². The average Bonchev–Trinajstić information content (AvgIpc) is 1.94. The third-order valence-corrected chi connectivity index (χ3v) is 1.90. The molecule has 0 fully saturated rings. The summed E-state index contributed by atoms with van der Waals surface area (Å²) in [4.78, 5) is 10.7. The van der Waals surface area contributed by atoms with Gasteiger partial charge >= 0.3 is 0 Å². The molecule has 12 heavy (non-hydrogen) atoms. The van der Waals surface area contributed by atoms with Crippen molar-refractivity contribution in [2.75, 3.05) is 0 Å². The van der Waals surface area contributed by atoms with Gasteiger partial charge in [0.25, 0.3) is 0 Å². The molecule has 2 unspecified atom stereocenters. The van der Waals surface area contributed by atoms with Gasteiger partial charge in [0.15, 0.2) is 5.67 Å². The fourth-order valence-electron chi connectivity index (χ4n) is 1.11. The lowest BCUT2D eigenvalue weighted by Crippen LogP contribution is -2.40. The summed E-state index contributed by atoms with van der Waals surface area (Å²) < 4.78 is 26.2. The van der Waals surface area contributed by atoms with E-state index in [1.165, 1.54) is 12.2 Å². The summed E-state index contributed by atoms with van der Waals surface area (Å²) in [5, 5.41) is 0. The largest absolute Gasteiger partial charge is 0.369 e. The molecule has 66 valence electrons. The molecule has 4 heteroatoms. The third kappa shape index (κ3) is 1.24. The molecule has 2 nitrogen and oxygen atoms in total. The highest BCUT2D eigenvalue weighted by molar-refractivity contribution is 5.81. The Kier molecular flexibility index (Phi) is 2.00. The quantitative estimate of drug-likeness (QED) is 0.636. The van der Waals surface area contributed by atoms with Gasteiger partial charge in [0, 0.05) is 0 Å². The summed E-state index contributed by atoms with van der Waals surface area (Å²) in [5.41, 5.74) is 2.59. The zero-order valence-corrected chi connectivity index (χ0v) is 6.55. The number of primary amides is 1. The van der Waals surface area contributed by atoms with E-state index in [1.807, 2.05) is 0 Å². The number of carbonyl (C=O) groups is 1. The van der Waals surface area contributed by atoms with Crippen LogP contribution in [0.1, 0.15) is 6.92 Å². The van der Waals surface area contributed by atoms with Crippen LogP contribution in [-0.4, -0.2) is 11.6 Å². The summed E-state index contributed by atoms with van der Waals surface area (Å²) in [5.74, 6) is -3.03. The molecular formula is C8H9F2NO. The maximum absolute atomic E-state index is 13.4. The molecule has 2 atom stereocenters. The van der Waals surface area contributed by atoms with Crippen LogP contribution < -0.4 is 5.73 Å². The van der Waals surface area contributed by atoms with E-state index in [9.17, 15) is 13.6 Å². The first-order valence-electron chi connectivity index (χ1n) is 3.49. The van der Waals surface area contributed by atoms with Crippen molar-refractivity contribution in [3.05, 3.63) is 24.1 Å². The van der Waals surface area contributed by atoms with E-state index < -0.39 is 23.3 Å². The highest BCUT2D eigenvalue weighted by atomic mass is 19.2. The van der Waals surface area contributed by atoms with Crippen LogP contribution in [0, 0.1) is 5.92 Å². The number of allylic oxidation sites excluding steroid dienone is 3. The minimum atomic E-state index is -2.29. The van der Waals surface area contributed by atoms with Gasteiger partial charge in [0.2, 0.25) is 5.91 Å². The molecule has 1 aliphatic carbocycles. The van der Waals surface area contributed by atoms with Gasteiger partial charge in [-0.2, -0.15) is 0 Å². The van der Waals surface area contributed by atoms with Gasteiger partial charge in [0.05, 0.1) is 5.92 Å². The van der Waals surface area contributed by atoms with E-state index in [-0.39, 0.29) is 0 Å². The van der Waals surface area contributed by atoms with E-state index >= 15 is 0 Å². The Hall–Kier alpha value is -1.19. The van der Waals surface area contributed by atoms with Crippen molar-refractivity contribution >= 4 is 5.91 Å². The highest BCUT2D eigenvalue weighted by Crippen LogP contribution is 2.34. The van der Waals surface area contributed by atoms with Crippen molar-refractivity contribution < 1.29 is 13.6 Å². The van der Waals surface area contributed by atoms with Crippen LogP contribution >= 0.6 is 0 Å². The molecule has 0 saturated heterocycles. The van der Waals surface area contributed by atoms with Crippen molar-refractivity contribution in [1.82, 2.24) is 0 Å². The van der Waals surface area contributed by atoms with E-state index in [4.69, 9.17) is 5.73 Å². The second-order valence-electron chi connectivity index (χ2n) is 2.86. The Morgan fingerprint density at radius 2 is 2.33 bits per heavy atom. The first kappa shape index (κ1) is 8.90. The molecule has 0 aromatic heterocycles. The second kappa shape index (κ2) is 2.69. The Morgan fingerprint density at radius 3 is 2.75 bits per heavy atom. The molecule has 0 saturated carbocycles. The van der Waals surface area contributed by atoms with Crippen molar-refractivity contribution in [3.63, 3.8) is 0 Å². The minimum Gasteiger partial charge on any atom is -0.369 e. The molecule has 0 aliphatic heterocycles. The lowest BCUT2D eigenvalue weighted by Gasteiger charge is -2.26. The number of hydrogen-bond acceptors (Lipinski definition) is 1. The maximum Gasteiger partial charge on any atom is 0.228 e. The molecule has 0 spiro atoms. The molecule has 1 amide bonds. The van der Waals surface area contributed by atoms with Gasteiger partial charge in [-0.05, 0) is 13.0 Å². The van der Waals surface area contributed by atoms with Gasteiger partial charge in [-0.25, -0.2) is 8.78 Å². The predicted octanol–water partition coefficient (Wildman–Crippen LogP) is 1.24. The molecular weight excluding hydrogens is 164 g/mol. The van der Waals surface area contributed by atoms with Gasteiger partial charge < -0.3 is 5.73 Å². The van der Waals surface area contributed by atoms with Crippen molar-refractivity contribution in [2.45, 2.75) is 12.6 Å². The first-order valence-corrected chi connectivity index (χ1v) is 3.49. The fraction of sp³-hybridized carbons (Fsp3) is 0.375. The van der Waals surface area contributed by atoms with Crippen LogP contribution in [0.5, 0.6) is 0 Å².